The highest BCUT2D eigenvalue weighted by Crippen LogP contribution is 2.13. The number of aryl methyl sites for hydroxylation is 2. The van der Waals surface area contributed by atoms with Crippen molar-refractivity contribution in [2.45, 2.75) is 46.8 Å². The van der Waals surface area contributed by atoms with E-state index in [2.05, 4.69) is 33.8 Å². The van der Waals surface area contributed by atoms with Crippen LogP contribution in [0.5, 0.6) is 5.75 Å². The molecule has 1 heterocycles. The minimum Gasteiger partial charge on any atom is -0.489 e. The van der Waals surface area contributed by atoms with Crippen LogP contribution < -0.4 is 15.4 Å². The predicted octanol–water partition coefficient (Wildman–Crippen LogP) is 3.07. The Morgan fingerprint density at radius 1 is 1.28 bits per heavy atom. The summed E-state index contributed by atoms with van der Waals surface area (Å²) in [6.07, 6.45) is 0.877. The van der Waals surface area contributed by atoms with Gasteiger partial charge >= 0.3 is 0 Å². The first-order chi connectivity index (χ1) is 12.1. The molecule has 6 heteroatoms. The van der Waals surface area contributed by atoms with E-state index in [0.717, 1.165) is 36.1 Å². The molecule has 6 nitrogen and oxygen atoms in total. The van der Waals surface area contributed by atoms with Crippen LogP contribution in [0.1, 0.15) is 37.8 Å². The summed E-state index contributed by atoms with van der Waals surface area (Å²) in [6, 6.07) is 10.00. The molecule has 0 saturated carbocycles. The third-order valence-electron chi connectivity index (χ3n) is 3.59. The fourth-order valence-electron chi connectivity index (χ4n) is 2.30. The average molecular weight is 344 g/mol. The van der Waals surface area contributed by atoms with Crippen LogP contribution in [0.2, 0.25) is 0 Å². The van der Waals surface area contributed by atoms with E-state index in [4.69, 9.17) is 9.26 Å². The predicted molar refractivity (Wildman–Crippen MR) is 100.0 cm³/mol. The second kappa shape index (κ2) is 9.71. The highest BCUT2D eigenvalue weighted by atomic mass is 16.5. The molecule has 0 aliphatic carbocycles. The van der Waals surface area contributed by atoms with Crippen molar-refractivity contribution >= 4 is 5.96 Å². The molecule has 1 unspecified atom stereocenters. The van der Waals surface area contributed by atoms with Crippen molar-refractivity contribution in [1.29, 1.82) is 0 Å². The Kier molecular flexibility index (Phi) is 7.32. The topological polar surface area (TPSA) is 71.7 Å². The zero-order chi connectivity index (χ0) is 18.1. The molecule has 1 aromatic heterocycles. The number of aromatic nitrogens is 1. The van der Waals surface area contributed by atoms with Gasteiger partial charge in [0.15, 0.2) is 11.7 Å². The molecular weight excluding hydrogens is 316 g/mol. The number of rotatable bonds is 8. The molecule has 0 bridgehead atoms. The summed E-state index contributed by atoms with van der Waals surface area (Å²) >= 11 is 0. The number of benzene rings is 1. The van der Waals surface area contributed by atoms with Crippen LogP contribution in [0.3, 0.4) is 0 Å². The summed E-state index contributed by atoms with van der Waals surface area (Å²) in [5.74, 6) is 2.37. The van der Waals surface area contributed by atoms with Crippen molar-refractivity contribution in [3.63, 3.8) is 0 Å². The molecule has 0 radical (unpaired) electrons. The van der Waals surface area contributed by atoms with Gasteiger partial charge in [-0.1, -0.05) is 24.2 Å². The molecule has 1 aromatic carbocycles. The van der Waals surface area contributed by atoms with Gasteiger partial charge in [0.25, 0.3) is 0 Å². The monoisotopic (exact) mass is 344 g/mol. The van der Waals surface area contributed by atoms with Crippen LogP contribution >= 0.6 is 0 Å². The standard InChI is InChI=1S/C19H28N4O2/c1-5-16-11-18(25-23-16)13-22-19(20-6-2)21-12-15(4)24-17-9-7-8-14(3)10-17/h7-11,15H,5-6,12-13H2,1-4H3,(H2,20,21,22). The largest absolute Gasteiger partial charge is 0.489 e. The maximum atomic E-state index is 5.93. The SMILES string of the molecule is CCNC(=NCc1cc(CC)no1)NCC(C)Oc1cccc(C)c1. The molecule has 0 fully saturated rings. The van der Waals surface area contributed by atoms with Crippen molar-refractivity contribution in [2.24, 2.45) is 4.99 Å². The van der Waals surface area contributed by atoms with Gasteiger partial charge in [0, 0.05) is 12.6 Å². The van der Waals surface area contributed by atoms with Gasteiger partial charge in [-0.15, -0.1) is 0 Å². The molecule has 2 aromatic rings. The van der Waals surface area contributed by atoms with Crippen LogP contribution in [0.15, 0.2) is 39.8 Å². The lowest BCUT2D eigenvalue weighted by Gasteiger charge is -2.17. The van der Waals surface area contributed by atoms with E-state index in [1.807, 2.05) is 45.0 Å². The Balaban J connectivity index is 1.86. The van der Waals surface area contributed by atoms with Gasteiger partial charge in [0.05, 0.1) is 12.2 Å². The molecule has 1 atom stereocenters. The van der Waals surface area contributed by atoms with Gasteiger partial charge in [-0.3, -0.25) is 0 Å². The van der Waals surface area contributed by atoms with Crippen LogP contribution in [-0.2, 0) is 13.0 Å². The minimum absolute atomic E-state index is 0.0163. The fraction of sp³-hybridized carbons (Fsp3) is 0.474. The molecule has 0 aliphatic rings. The number of ether oxygens (including phenoxy) is 1. The van der Waals surface area contributed by atoms with Crippen LogP contribution in [0.25, 0.3) is 0 Å². The van der Waals surface area contributed by atoms with E-state index in [-0.39, 0.29) is 6.10 Å². The molecular formula is C19H28N4O2. The minimum atomic E-state index is 0.0163. The first-order valence-corrected chi connectivity index (χ1v) is 8.80. The van der Waals surface area contributed by atoms with Crippen molar-refractivity contribution < 1.29 is 9.26 Å². The number of hydrogen-bond donors (Lipinski definition) is 2. The van der Waals surface area contributed by atoms with Crippen molar-refractivity contribution in [1.82, 2.24) is 15.8 Å². The molecule has 2 N–H and O–H groups in total. The summed E-state index contributed by atoms with van der Waals surface area (Å²) < 4.78 is 11.2. The van der Waals surface area contributed by atoms with Gasteiger partial charge < -0.3 is 19.9 Å². The third-order valence-corrected chi connectivity index (χ3v) is 3.59. The fourth-order valence-corrected chi connectivity index (χ4v) is 2.30. The second-order valence-corrected chi connectivity index (χ2v) is 5.96. The van der Waals surface area contributed by atoms with Crippen LogP contribution in [0, 0.1) is 6.92 Å². The molecule has 0 spiro atoms. The number of nitrogens with one attached hydrogen (secondary N) is 2. The number of guanidine groups is 1. The first-order valence-electron chi connectivity index (χ1n) is 8.80. The third kappa shape index (κ3) is 6.49. The van der Waals surface area contributed by atoms with Crippen molar-refractivity contribution in [2.75, 3.05) is 13.1 Å². The summed E-state index contributed by atoms with van der Waals surface area (Å²) in [5, 5.41) is 10.5. The Morgan fingerprint density at radius 2 is 2.12 bits per heavy atom. The molecule has 25 heavy (non-hydrogen) atoms. The number of nitrogens with zero attached hydrogens (tertiary/aromatic N) is 2. The van der Waals surface area contributed by atoms with E-state index < -0.39 is 0 Å². The van der Waals surface area contributed by atoms with Crippen LogP contribution in [0.4, 0.5) is 0 Å². The van der Waals surface area contributed by atoms with Crippen molar-refractivity contribution in [3.8, 4) is 5.75 Å². The zero-order valence-corrected chi connectivity index (χ0v) is 15.5. The first kappa shape index (κ1) is 18.8. The van der Waals surface area contributed by atoms with E-state index >= 15 is 0 Å². The smallest absolute Gasteiger partial charge is 0.191 e. The van der Waals surface area contributed by atoms with Gasteiger partial charge in [-0.05, 0) is 44.9 Å². The zero-order valence-electron chi connectivity index (χ0n) is 15.5. The average Bonchev–Trinajstić information content (AvgIpc) is 3.05. The summed E-state index contributed by atoms with van der Waals surface area (Å²) in [5.41, 5.74) is 2.13. The molecule has 2 rings (SSSR count). The lowest BCUT2D eigenvalue weighted by molar-refractivity contribution is 0.223. The van der Waals surface area contributed by atoms with Gasteiger partial charge in [0.1, 0.15) is 18.4 Å². The van der Waals surface area contributed by atoms with Gasteiger partial charge in [-0.25, -0.2) is 4.99 Å². The Morgan fingerprint density at radius 3 is 2.80 bits per heavy atom. The van der Waals surface area contributed by atoms with Gasteiger partial charge in [-0.2, -0.15) is 0 Å². The summed E-state index contributed by atoms with van der Waals surface area (Å²) in [4.78, 5) is 4.53. The second-order valence-electron chi connectivity index (χ2n) is 5.96. The lowest BCUT2D eigenvalue weighted by Crippen LogP contribution is -2.41. The quantitative estimate of drug-likeness (QED) is 0.569. The number of aliphatic imine (C=N–C) groups is 1. The Hall–Kier alpha value is -2.50. The number of hydrogen-bond acceptors (Lipinski definition) is 4. The molecule has 0 aliphatic heterocycles. The normalized spacial score (nSPS) is 12.7. The maximum absolute atomic E-state index is 5.93. The van der Waals surface area contributed by atoms with E-state index in [1.54, 1.807) is 0 Å². The Bertz CT molecular complexity index is 682. The Labute approximate surface area is 149 Å². The van der Waals surface area contributed by atoms with E-state index in [9.17, 15) is 0 Å². The van der Waals surface area contributed by atoms with Crippen LogP contribution in [-0.4, -0.2) is 30.3 Å². The van der Waals surface area contributed by atoms with Gasteiger partial charge in [0.2, 0.25) is 0 Å². The van der Waals surface area contributed by atoms with E-state index in [1.165, 1.54) is 5.56 Å². The highest BCUT2D eigenvalue weighted by molar-refractivity contribution is 5.79. The maximum Gasteiger partial charge on any atom is 0.191 e. The summed E-state index contributed by atoms with van der Waals surface area (Å²) in [6.45, 7) is 10.1. The highest BCUT2D eigenvalue weighted by Gasteiger charge is 2.07. The van der Waals surface area contributed by atoms with Crippen molar-refractivity contribution in [3.05, 3.63) is 47.3 Å². The lowest BCUT2D eigenvalue weighted by atomic mass is 10.2. The summed E-state index contributed by atoms with van der Waals surface area (Å²) in [7, 11) is 0. The molecule has 0 saturated heterocycles. The molecule has 136 valence electrons. The van der Waals surface area contributed by atoms with E-state index in [0.29, 0.717) is 13.1 Å². The molecule has 0 amide bonds.